The molecule has 0 saturated heterocycles. The number of hydrogen-bond acceptors (Lipinski definition) is 3. The molecule has 1 aromatic heterocycles. The molecule has 0 bridgehead atoms. The van der Waals surface area contributed by atoms with E-state index in [0.717, 1.165) is 25.0 Å². The summed E-state index contributed by atoms with van der Waals surface area (Å²) >= 11 is 0. The van der Waals surface area contributed by atoms with E-state index in [1.807, 2.05) is 13.0 Å². The van der Waals surface area contributed by atoms with Crippen LogP contribution < -0.4 is 4.74 Å². The van der Waals surface area contributed by atoms with E-state index in [4.69, 9.17) is 9.47 Å². The number of aromatic nitrogens is 1. The monoisotopic (exact) mass is 287 g/mol. The minimum Gasteiger partial charge on any atom is -0.497 e. The molecule has 1 aliphatic carbocycles. The van der Waals surface area contributed by atoms with Gasteiger partial charge in [-0.2, -0.15) is 0 Å². The summed E-state index contributed by atoms with van der Waals surface area (Å²) in [6.45, 7) is 2.31. The molecule has 2 aromatic rings. The zero-order valence-electron chi connectivity index (χ0n) is 12.8. The van der Waals surface area contributed by atoms with Crippen LogP contribution in [0.15, 0.2) is 18.2 Å². The fourth-order valence-electron chi connectivity index (χ4n) is 3.35. The second kappa shape index (κ2) is 5.43. The smallest absolute Gasteiger partial charge is 0.309 e. The van der Waals surface area contributed by atoms with Crippen molar-refractivity contribution in [3.05, 3.63) is 29.5 Å². The summed E-state index contributed by atoms with van der Waals surface area (Å²) in [6.07, 6.45) is 2.55. The number of ether oxygens (including phenoxy) is 2. The van der Waals surface area contributed by atoms with Gasteiger partial charge in [-0.05, 0) is 49.9 Å². The third-order valence-electron chi connectivity index (χ3n) is 4.44. The van der Waals surface area contributed by atoms with Gasteiger partial charge in [-0.3, -0.25) is 4.79 Å². The van der Waals surface area contributed by atoms with E-state index >= 15 is 0 Å². The number of fused-ring (bicyclic) bond motifs is 3. The Bertz CT molecular complexity index is 687. The predicted molar refractivity (Wildman–Crippen MR) is 81.6 cm³/mol. The molecule has 4 heteroatoms. The van der Waals surface area contributed by atoms with Gasteiger partial charge in [0.2, 0.25) is 0 Å². The lowest BCUT2D eigenvalue weighted by Crippen LogP contribution is -2.25. The van der Waals surface area contributed by atoms with Crippen LogP contribution in [0.25, 0.3) is 10.9 Å². The maximum absolute atomic E-state index is 12.0. The first kappa shape index (κ1) is 14.0. The first-order valence-corrected chi connectivity index (χ1v) is 7.46. The number of aryl methyl sites for hydroxylation is 1. The van der Waals surface area contributed by atoms with Crippen molar-refractivity contribution in [1.29, 1.82) is 0 Å². The summed E-state index contributed by atoms with van der Waals surface area (Å²) in [5, 5.41) is 1.20. The van der Waals surface area contributed by atoms with Crippen LogP contribution in [-0.2, 0) is 29.4 Å². The van der Waals surface area contributed by atoms with Crippen LogP contribution in [0.2, 0.25) is 0 Å². The van der Waals surface area contributed by atoms with Crippen molar-refractivity contribution in [2.45, 2.75) is 26.2 Å². The normalized spacial score (nSPS) is 17.6. The lowest BCUT2D eigenvalue weighted by molar-refractivity contribution is -0.148. The van der Waals surface area contributed by atoms with Gasteiger partial charge in [-0.25, -0.2) is 0 Å². The van der Waals surface area contributed by atoms with Crippen molar-refractivity contribution < 1.29 is 14.3 Å². The average molecular weight is 287 g/mol. The first-order chi connectivity index (χ1) is 10.2. The van der Waals surface area contributed by atoms with Gasteiger partial charge in [0.15, 0.2) is 0 Å². The molecule has 0 aliphatic heterocycles. The van der Waals surface area contributed by atoms with E-state index in [0.29, 0.717) is 6.61 Å². The molecule has 21 heavy (non-hydrogen) atoms. The highest BCUT2D eigenvalue weighted by Gasteiger charge is 2.29. The van der Waals surface area contributed by atoms with E-state index in [-0.39, 0.29) is 11.9 Å². The Balaban J connectivity index is 2.03. The van der Waals surface area contributed by atoms with Gasteiger partial charge in [0, 0.05) is 23.6 Å². The maximum Gasteiger partial charge on any atom is 0.309 e. The summed E-state index contributed by atoms with van der Waals surface area (Å²) in [7, 11) is 3.77. The van der Waals surface area contributed by atoms with Crippen LogP contribution >= 0.6 is 0 Å². The Morgan fingerprint density at radius 3 is 2.95 bits per heavy atom. The fraction of sp³-hybridized carbons (Fsp3) is 0.471. The van der Waals surface area contributed by atoms with Crippen LogP contribution in [0.5, 0.6) is 5.75 Å². The maximum atomic E-state index is 12.0. The standard InChI is InChI=1S/C17H21NO3/c1-4-21-17(19)11-5-7-15-13(9-11)14-10-12(20-3)6-8-16(14)18(15)2/h6,8,10-11H,4-5,7,9H2,1-3H3. The molecule has 1 heterocycles. The highest BCUT2D eigenvalue weighted by Crippen LogP contribution is 2.35. The minimum atomic E-state index is -0.0666. The number of hydrogen-bond donors (Lipinski definition) is 0. The number of nitrogens with zero attached hydrogens (tertiary/aromatic N) is 1. The highest BCUT2D eigenvalue weighted by molar-refractivity contribution is 5.88. The summed E-state index contributed by atoms with van der Waals surface area (Å²) in [5.74, 6) is 0.770. The summed E-state index contributed by atoms with van der Waals surface area (Å²) in [6, 6.07) is 6.14. The van der Waals surface area contributed by atoms with E-state index in [9.17, 15) is 4.79 Å². The van der Waals surface area contributed by atoms with Crippen LogP contribution in [0.1, 0.15) is 24.6 Å². The van der Waals surface area contributed by atoms with Crippen molar-refractivity contribution in [3.63, 3.8) is 0 Å². The molecule has 0 fully saturated rings. The first-order valence-electron chi connectivity index (χ1n) is 7.46. The van der Waals surface area contributed by atoms with Crippen molar-refractivity contribution in [1.82, 2.24) is 4.57 Å². The van der Waals surface area contributed by atoms with E-state index in [1.54, 1.807) is 7.11 Å². The van der Waals surface area contributed by atoms with E-state index < -0.39 is 0 Å². The van der Waals surface area contributed by atoms with E-state index in [2.05, 4.69) is 23.7 Å². The number of esters is 1. The summed E-state index contributed by atoms with van der Waals surface area (Å²) < 4.78 is 12.8. The lowest BCUT2D eigenvalue weighted by atomic mass is 9.86. The number of methoxy groups -OCH3 is 1. The van der Waals surface area contributed by atoms with Gasteiger partial charge in [0.1, 0.15) is 5.75 Å². The van der Waals surface area contributed by atoms with Crippen LogP contribution in [0.4, 0.5) is 0 Å². The molecule has 1 atom stereocenters. The second-order valence-electron chi connectivity index (χ2n) is 5.56. The van der Waals surface area contributed by atoms with Gasteiger partial charge in [-0.15, -0.1) is 0 Å². The molecule has 4 nitrogen and oxygen atoms in total. The Morgan fingerprint density at radius 1 is 1.43 bits per heavy atom. The molecule has 0 saturated carbocycles. The Hall–Kier alpha value is -1.97. The topological polar surface area (TPSA) is 40.5 Å². The number of rotatable bonds is 3. The summed E-state index contributed by atoms with van der Waals surface area (Å²) in [4.78, 5) is 12.0. The second-order valence-corrected chi connectivity index (χ2v) is 5.56. The average Bonchev–Trinajstić information content (AvgIpc) is 2.79. The third kappa shape index (κ3) is 2.28. The quantitative estimate of drug-likeness (QED) is 0.815. The van der Waals surface area contributed by atoms with Gasteiger partial charge in [0.25, 0.3) is 0 Å². The van der Waals surface area contributed by atoms with Crippen LogP contribution in [0, 0.1) is 5.92 Å². The van der Waals surface area contributed by atoms with E-state index in [1.165, 1.54) is 22.2 Å². The van der Waals surface area contributed by atoms with Gasteiger partial charge in [0.05, 0.1) is 19.6 Å². The van der Waals surface area contributed by atoms with Gasteiger partial charge >= 0.3 is 5.97 Å². The molecule has 1 unspecified atom stereocenters. The number of benzene rings is 1. The third-order valence-corrected chi connectivity index (χ3v) is 4.44. The molecular formula is C17H21NO3. The molecule has 1 aliphatic rings. The summed E-state index contributed by atoms with van der Waals surface area (Å²) in [5.41, 5.74) is 3.81. The molecule has 0 radical (unpaired) electrons. The Morgan fingerprint density at radius 2 is 2.24 bits per heavy atom. The SMILES string of the molecule is CCOC(=O)C1CCc2c(c3cc(OC)ccc3n2C)C1. The number of carbonyl (C=O) groups excluding carboxylic acids is 1. The van der Waals surface area contributed by atoms with Crippen molar-refractivity contribution in [2.75, 3.05) is 13.7 Å². The molecule has 112 valence electrons. The minimum absolute atomic E-state index is 0.0192. The highest BCUT2D eigenvalue weighted by atomic mass is 16.5. The number of carbonyl (C=O) groups is 1. The van der Waals surface area contributed by atoms with Crippen molar-refractivity contribution >= 4 is 16.9 Å². The molecule has 3 rings (SSSR count). The Labute approximate surface area is 124 Å². The Kier molecular flexibility index (Phi) is 3.62. The molecule has 1 aromatic carbocycles. The van der Waals surface area contributed by atoms with Crippen LogP contribution in [-0.4, -0.2) is 24.3 Å². The molecule has 0 N–H and O–H groups in total. The van der Waals surface area contributed by atoms with Crippen LogP contribution in [0.3, 0.4) is 0 Å². The predicted octanol–water partition coefficient (Wildman–Crippen LogP) is 2.85. The molecular weight excluding hydrogens is 266 g/mol. The van der Waals surface area contributed by atoms with Crippen molar-refractivity contribution in [3.8, 4) is 5.75 Å². The fourth-order valence-corrected chi connectivity index (χ4v) is 3.35. The lowest BCUT2D eigenvalue weighted by Gasteiger charge is -2.21. The van der Waals surface area contributed by atoms with Crippen molar-refractivity contribution in [2.24, 2.45) is 13.0 Å². The van der Waals surface area contributed by atoms with Gasteiger partial charge < -0.3 is 14.0 Å². The molecule has 0 spiro atoms. The zero-order chi connectivity index (χ0) is 15.0. The van der Waals surface area contributed by atoms with Gasteiger partial charge in [-0.1, -0.05) is 0 Å². The molecule has 0 amide bonds. The zero-order valence-corrected chi connectivity index (χ0v) is 12.8. The largest absolute Gasteiger partial charge is 0.497 e.